The summed E-state index contributed by atoms with van der Waals surface area (Å²) in [5, 5.41) is 3.88. The molecule has 0 spiro atoms. The molecule has 0 heterocycles. The van der Waals surface area contributed by atoms with Gasteiger partial charge < -0.3 is 25.7 Å². The molecule has 0 aliphatic carbocycles. The van der Waals surface area contributed by atoms with Gasteiger partial charge in [-0.05, 0) is 0 Å². The van der Waals surface area contributed by atoms with Gasteiger partial charge in [-0.15, -0.1) is 0 Å². The first kappa shape index (κ1) is 18.3. The number of hydrogen-bond acceptors (Lipinski definition) is 7. The summed E-state index contributed by atoms with van der Waals surface area (Å²) in [6.07, 6.45) is 0. The second-order valence-corrected chi connectivity index (χ2v) is 5.30. The summed E-state index contributed by atoms with van der Waals surface area (Å²) in [5.74, 6) is 0. The van der Waals surface area contributed by atoms with Gasteiger partial charge in [-0.3, -0.25) is 4.55 Å². The van der Waals surface area contributed by atoms with Crippen molar-refractivity contribution in [2.75, 3.05) is 0 Å². The standard InChI is InChI=1S/H3NO3S.H3N.H4O4P2/c1-5(2,3)4;;1-5(2)6(3)4/h(H3,1,2,3,4);1H3;1-4H. The topological polar surface area (TPSA) is 196 Å². The van der Waals surface area contributed by atoms with Crippen LogP contribution in [-0.4, -0.2) is 32.5 Å². The minimum atomic E-state index is -4.17. The summed E-state index contributed by atoms with van der Waals surface area (Å²) in [4.78, 5) is 31.1. The van der Waals surface area contributed by atoms with E-state index in [-0.39, 0.29) is 6.15 Å². The summed E-state index contributed by atoms with van der Waals surface area (Å²) in [7, 11) is -9.13. The zero-order chi connectivity index (χ0) is 9.65. The fourth-order valence-corrected chi connectivity index (χ4v) is 0. The Labute approximate surface area is 71.0 Å². The molecule has 0 aromatic carbocycles. The molecule has 0 bridgehead atoms. The van der Waals surface area contributed by atoms with Crippen molar-refractivity contribution in [2.24, 2.45) is 5.14 Å². The lowest BCUT2D eigenvalue weighted by Gasteiger charge is -1.97. The van der Waals surface area contributed by atoms with Gasteiger partial charge in [0.15, 0.2) is 0 Å². The molecule has 0 fully saturated rings. The van der Waals surface area contributed by atoms with Crippen molar-refractivity contribution in [2.45, 2.75) is 0 Å². The summed E-state index contributed by atoms with van der Waals surface area (Å²) >= 11 is 0. The Balaban J connectivity index is -0.000000126. The molecule has 0 aliphatic heterocycles. The predicted octanol–water partition coefficient (Wildman–Crippen LogP) is -1.60. The molecule has 0 amide bonds. The van der Waals surface area contributed by atoms with Gasteiger partial charge in [-0.2, -0.15) is 8.42 Å². The van der Waals surface area contributed by atoms with Crippen LogP contribution in [0.3, 0.4) is 0 Å². The number of rotatable bonds is 1. The van der Waals surface area contributed by atoms with E-state index in [1.807, 2.05) is 0 Å². The van der Waals surface area contributed by atoms with Gasteiger partial charge in [0.1, 0.15) is 0 Å². The monoisotopic (exact) mass is 244 g/mol. The molecule has 0 aromatic heterocycles. The lowest BCUT2D eigenvalue weighted by Crippen LogP contribution is -2.08. The molecule has 10 N–H and O–H groups in total. The van der Waals surface area contributed by atoms with E-state index >= 15 is 0 Å². The average molecular weight is 244 g/mol. The van der Waals surface area contributed by atoms with E-state index in [4.69, 9.17) is 32.5 Å². The quantitative estimate of drug-likeness (QED) is 0.211. The maximum absolute atomic E-state index is 8.97. The van der Waals surface area contributed by atoms with Crippen LogP contribution in [-0.2, 0) is 10.3 Å². The molecule has 0 saturated carbocycles. The minimum Gasteiger partial charge on any atom is -0.344 e. The molecule has 0 radical (unpaired) electrons. The molecule has 0 saturated heterocycles. The van der Waals surface area contributed by atoms with Crippen molar-refractivity contribution >= 4 is 26.4 Å². The maximum Gasteiger partial charge on any atom is 0.330 e. The van der Waals surface area contributed by atoms with Crippen LogP contribution < -0.4 is 11.3 Å². The summed E-state index contributed by atoms with van der Waals surface area (Å²) in [5.41, 5.74) is 0. The number of nitrogens with two attached hydrogens (primary N) is 1. The van der Waals surface area contributed by atoms with Gasteiger partial charge in [-0.25, -0.2) is 5.14 Å². The van der Waals surface area contributed by atoms with E-state index in [1.54, 1.807) is 0 Å². The first-order chi connectivity index (χ1) is 4.64. The molecule has 0 rings (SSSR count). The van der Waals surface area contributed by atoms with Crippen molar-refractivity contribution in [3.63, 3.8) is 0 Å². The lowest BCUT2D eigenvalue weighted by atomic mass is 13.9. The zero-order valence-electron chi connectivity index (χ0n) is 5.64. The van der Waals surface area contributed by atoms with Crippen LogP contribution in [0.2, 0.25) is 0 Å². The van der Waals surface area contributed by atoms with Crippen LogP contribution >= 0.6 is 16.1 Å². The first-order valence-electron chi connectivity index (χ1n) is 1.75. The van der Waals surface area contributed by atoms with Gasteiger partial charge in [0.2, 0.25) is 0 Å². The molecule has 0 unspecified atom stereocenters. The first-order valence-corrected chi connectivity index (χ1v) is 6.45. The van der Waals surface area contributed by atoms with Crippen LogP contribution in [0.1, 0.15) is 0 Å². The van der Waals surface area contributed by atoms with Gasteiger partial charge in [-0.1, -0.05) is 0 Å². The van der Waals surface area contributed by atoms with Gasteiger partial charge in [0, 0.05) is 0 Å². The third-order valence-corrected chi connectivity index (χ3v) is 1.44. The SMILES string of the molecule is N.NS(=O)(=O)O.OP(O)P(O)O. The van der Waals surface area contributed by atoms with Crippen LogP contribution in [0.5, 0.6) is 0 Å². The molecular formula is H10N2O7P2S. The van der Waals surface area contributed by atoms with E-state index < -0.39 is 26.4 Å². The molecule has 12 heteroatoms. The van der Waals surface area contributed by atoms with Gasteiger partial charge >= 0.3 is 10.3 Å². The van der Waals surface area contributed by atoms with Crippen LogP contribution in [0, 0.1) is 0 Å². The summed E-state index contributed by atoms with van der Waals surface area (Å²) < 4.78 is 25.2. The van der Waals surface area contributed by atoms with Crippen molar-refractivity contribution in [1.82, 2.24) is 6.15 Å². The fourth-order valence-electron chi connectivity index (χ4n) is 0. The van der Waals surface area contributed by atoms with E-state index in [0.29, 0.717) is 0 Å². The highest BCUT2D eigenvalue weighted by molar-refractivity contribution is 8.19. The Morgan fingerprint density at radius 1 is 1.00 bits per heavy atom. The van der Waals surface area contributed by atoms with E-state index in [2.05, 4.69) is 5.14 Å². The fraction of sp³-hybridized carbons (Fsp3) is 0. The highest BCUT2D eigenvalue weighted by Gasteiger charge is 2.08. The third-order valence-electron chi connectivity index (χ3n) is 0.160. The van der Waals surface area contributed by atoms with Gasteiger partial charge in [0.25, 0.3) is 16.1 Å². The average Bonchev–Trinajstić information content (AvgIpc) is 1.59. The second kappa shape index (κ2) is 8.14. The van der Waals surface area contributed by atoms with Crippen LogP contribution in [0.25, 0.3) is 0 Å². The Kier molecular flexibility index (Phi) is 12.4. The van der Waals surface area contributed by atoms with Gasteiger partial charge in [0.05, 0.1) is 0 Å². The summed E-state index contributed by atoms with van der Waals surface area (Å²) in [6, 6.07) is 0. The molecule has 0 aromatic rings. The molecule has 12 heavy (non-hydrogen) atoms. The zero-order valence-corrected chi connectivity index (χ0v) is 8.25. The van der Waals surface area contributed by atoms with Crippen LogP contribution in [0.4, 0.5) is 0 Å². The highest BCUT2D eigenvalue weighted by Crippen LogP contribution is 2.56. The summed E-state index contributed by atoms with van der Waals surface area (Å²) in [6.45, 7) is 0. The largest absolute Gasteiger partial charge is 0.344 e. The Bertz CT molecular complexity index is 160. The van der Waals surface area contributed by atoms with Crippen LogP contribution in [0.15, 0.2) is 0 Å². The maximum atomic E-state index is 8.97. The van der Waals surface area contributed by atoms with Crippen molar-refractivity contribution in [1.29, 1.82) is 0 Å². The highest BCUT2D eigenvalue weighted by atomic mass is 32.2. The third kappa shape index (κ3) is 46.6. The Morgan fingerprint density at radius 2 is 1.08 bits per heavy atom. The smallest absolute Gasteiger partial charge is 0.330 e. The predicted molar refractivity (Wildman–Crippen MR) is 43.5 cm³/mol. The van der Waals surface area contributed by atoms with Crippen molar-refractivity contribution in [3.05, 3.63) is 0 Å². The lowest BCUT2D eigenvalue weighted by molar-refractivity contribution is 0.457. The Hall–Kier alpha value is 0.530. The second-order valence-electron chi connectivity index (χ2n) is 1.05. The molecular weight excluding hydrogens is 234 g/mol. The van der Waals surface area contributed by atoms with Crippen molar-refractivity contribution in [3.8, 4) is 0 Å². The van der Waals surface area contributed by atoms with E-state index in [9.17, 15) is 0 Å². The molecule has 0 atom stereocenters. The molecule has 9 nitrogen and oxygen atoms in total. The van der Waals surface area contributed by atoms with E-state index in [0.717, 1.165) is 0 Å². The van der Waals surface area contributed by atoms with E-state index in [1.165, 1.54) is 0 Å². The number of hydrogen-bond donors (Lipinski definition) is 7. The Morgan fingerprint density at radius 3 is 1.08 bits per heavy atom. The molecule has 0 aliphatic rings. The van der Waals surface area contributed by atoms with Crippen molar-refractivity contribution < 1.29 is 32.5 Å². The normalized spacial score (nSPS) is 10.3. The minimum absolute atomic E-state index is 0. The molecule has 78 valence electrons.